The van der Waals surface area contributed by atoms with Gasteiger partial charge in [-0.2, -0.15) is 0 Å². The molecule has 254 valence electrons. The number of nitrogens with one attached hydrogen (secondary N) is 4. The highest BCUT2D eigenvalue weighted by atomic mass is 16.7. The van der Waals surface area contributed by atoms with Crippen LogP contribution in [-0.2, 0) is 33.2 Å². The van der Waals surface area contributed by atoms with Crippen molar-refractivity contribution in [3.05, 3.63) is 10.1 Å². The molecule has 4 rings (SSSR count). The van der Waals surface area contributed by atoms with Crippen LogP contribution in [0.3, 0.4) is 0 Å². The molecular weight excluding hydrogens is 589 g/mol. The summed E-state index contributed by atoms with van der Waals surface area (Å²) >= 11 is 0. The van der Waals surface area contributed by atoms with Crippen LogP contribution in [-0.4, -0.2) is 99.5 Å². The topological polar surface area (TPSA) is 218 Å². The summed E-state index contributed by atoms with van der Waals surface area (Å²) in [5, 5.41) is 18.0. The molecular formula is C28H50BN7O9. The van der Waals surface area contributed by atoms with Gasteiger partial charge in [0, 0.05) is 13.7 Å². The standard InChI is InChI=1S/C28H50BN7O9/c1-17(2)12-22(29-44-21-14-18-13-20(27(18,3)4)28(21,5)45-29)34-25(39)19(8-7-9-31-26(30)35-36(40)41)33-23(37)15-32-24(38)16-43-11-10-42-6/h17-22H,7-16H2,1-6H3,(H,32,38)(H,33,37)(H,34,39)(H3,30,31,35)/t18-,19+,20-,21-,22+,28+/m1/s1. The number of hydrogen-bond acceptors (Lipinski definition) is 10. The zero-order valence-corrected chi connectivity index (χ0v) is 27.3. The summed E-state index contributed by atoms with van der Waals surface area (Å²) in [5.74, 6) is -1.20. The van der Waals surface area contributed by atoms with E-state index in [0.29, 0.717) is 24.9 Å². The molecule has 6 atom stereocenters. The van der Waals surface area contributed by atoms with Gasteiger partial charge >= 0.3 is 7.12 Å². The number of hydrogen-bond donors (Lipinski definition) is 5. The van der Waals surface area contributed by atoms with Crippen molar-refractivity contribution < 1.29 is 38.2 Å². The lowest BCUT2D eigenvalue weighted by molar-refractivity contribution is -0.525. The molecule has 16 nitrogen and oxygen atoms in total. The Morgan fingerprint density at radius 2 is 1.89 bits per heavy atom. The number of amides is 3. The number of nitrogens with two attached hydrogens (primary N) is 1. The Labute approximate surface area is 264 Å². The molecule has 4 fully saturated rings. The van der Waals surface area contributed by atoms with Gasteiger partial charge < -0.3 is 40.5 Å². The van der Waals surface area contributed by atoms with Gasteiger partial charge in [-0.15, -0.1) is 0 Å². The van der Waals surface area contributed by atoms with Crippen LogP contribution in [0.4, 0.5) is 0 Å². The van der Waals surface area contributed by atoms with Gasteiger partial charge in [0.2, 0.25) is 17.7 Å². The minimum atomic E-state index is -0.993. The molecule has 2 bridgehead atoms. The van der Waals surface area contributed by atoms with Gasteiger partial charge in [-0.1, -0.05) is 33.1 Å². The summed E-state index contributed by atoms with van der Waals surface area (Å²) in [6.07, 6.45) is 2.98. The maximum absolute atomic E-state index is 13.7. The maximum atomic E-state index is 13.7. The van der Waals surface area contributed by atoms with Crippen molar-refractivity contribution in [1.29, 1.82) is 0 Å². The number of nitro groups is 1. The van der Waals surface area contributed by atoms with Gasteiger partial charge in [-0.25, -0.2) is 15.1 Å². The molecule has 3 amide bonds. The van der Waals surface area contributed by atoms with Crippen LogP contribution in [0.25, 0.3) is 0 Å². The van der Waals surface area contributed by atoms with E-state index >= 15 is 0 Å². The summed E-state index contributed by atoms with van der Waals surface area (Å²) in [4.78, 5) is 53.0. The lowest BCUT2D eigenvalue weighted by Gasteiger charge is -2.64. The number of nitrogens with zero attached hydrogens (tertiary/aromatic N) is 2. The summed E-state index contributed by atoms with van der Waals surface area (Å²) in [7, 11) is 0.868. The summed E-state index contributed by atoms with van der Waals surface area (Å²) in [5.41, 5.74) is 6.97. The maximum Gasteiger partial charge on any atom is 0.481 e. The second-order valence-electron chi connectivity index (χ2n) is 13.3. The molecule has 0 unspecified atom stereocenters. The van der Waals surface area contributed by atoms with Crippen molar-refractivity contribution in [2.24, 2.45) is 33.9 Å². The highest BCUT2D eigenvalue weighted by Crippen LogP contribution is 2.65. The van der Waals surface area contributed by atoms with Crippen LogP contribution in [0, 0.1) is 33.3 Å². The van der Waals surface area contributed by atoms with Crippen LogP contribution >= 0.6 is 0 Å². The first-order valence-electron chi connectivity index (χ1n) is 15.6. The van der Waals surface area contributed by atoms with E-state index in [0.717, 1.165) is 12.8 Å². The molecule has 0 aromatic rings. The fourth-order valence-corrected chi connectivity index (χ4v) is 6.78. The van der Waals surface area contributed by atoms with E-state index in [1.807, 2.05) is 13.8 Å². The smallest absolute Gasteiger partial charge is 0.404 e. The molecule has 0 spiro atoms. The number of aliphatic imine (C=N–C) groups is 1. The van der Waals surface area contributed by atoms with Gasteiger partial charge in [-0.3, -0.25) is 14.4 Å². The SMILES string of the molecule is COCCOCC(=O)NCC(=O)N[C@@H](CCCN=C(N)N[N+](=O)[O-])C(=O)N[C@@H](CC(C)C)B1O[C@@H]2C[C@H]3C[C@H](C3(C)C)[C@]2(C)O1. The normalized spacial score (nSPS) is 26.3. The van der Waals surface area contributed by atoms with Crippen molar-refractivity contribution in [3.8, 4) is 0 Å². The van der Waals surface area contributed by atoms with Gasteiger partial charge in [0.1, 0.15) is 12.6 Å². The molecule has 0 aromatic carbocycles. The van der Waals surface area contributed by atoms with Crippen LogP contribution in [0.1, 0.15) is 66.7 Å². The van der Waals surface area contributed by atoms with Gasteiger partial charge in [0.15, 0.2) is 5.03 Å². The van der Waals surface area contributed by atoms with Gasteiger partial charge in [0.05, 0.1) is 37.4 Å². The number of methoxy groups -OCH3 is 1. The Morgan fingerprint density at radius 3 is 2.53 bits per heavy atom. The molecule has 1 aliphatic heterocycles. The number of ether oxygens (including phenoxy) is 2. The number of hydrazine groups is 1. The van der Waals surface area contributed by atoms with Crippen LogP contribution in [0.15, 0.2) is 4.99 Å². The van der Waals surface area contributed by atoms with Crippen molar-refractivity contribution >= 4 is 30.8 Å². The first kappa shape index (κ1) is 36.5. The van der Waals surface area contributed by atoms with Crippen LogP contribution < -0.4 is 27.1 Å². The van der Waals surface area contributed by atoms with Crippen molar-refractivity contribution in [2.45, 2.75) is 90.4 Å². The fourth-order valence-electron chi connectivity index (χ4n) is 6.78. The number of carbonyl (C=O) groups is 3. The van der Waals surface area contributed by atoms with Gasteiger partial charge in [0.25, 0.3) is 5.96 Å². The first-order valence-corrected chi connectivity index (χ1v) is 15.6. The van der Waals surface area contributed by atoms with Crippen LogP contribution in [0.5, 0.6) is 0 Å². The van der Waals surface area contributed by atoms with E-state index in [2.05, 4.69) is 41.7 Å². The monoisotopic (exact) mass is 639 g/mol. The fraction of sp³-hybridized carbons (Fsp3) is 0.857. The zero-order chi connectivity index (χ0) is 33.4. The molecule has 45 heavy (non-hydrogen) atoms. The predicted molar refractivity (Wildman–Crippen MR) is 165 cm³/mol. The van der Waals surface area contributed by atoms with Crippen molar-refractivity contribution in [2.75, 3.05) is 40.0 Å². The average Bonchev–Trinajstić information content (AvgIpc) is 3.32. The largest absolute Gasteiger partial charge is 0.481 e. The molecule has 17 heteroatoms. The third-order valence-corrected chi connectivity index (χ3v) is 9.25. The number of guanidine groups is 1. The average molecular weight is 640 g/mol. The first-order chi connectivity index (χ1) is 21.2. The van der Waals surface area contributed by atoms with Crippen molar-refractivity contribution in [1.82, 2.24) is 21.4 Å². The second-order valence-corrected chi connectivity index (χ2v) is 13.3. The third-order valence-electron chi connectivity index (χ3n) is 9.25. The molecule has 1 saturated heterocycles. The van der Waals surface area contributed by atoms with Gasteiger partial charge in [-0.05, 0) is 62.2 Å². The highest BCUT2D eigenvalue weighted by Gasteiger charge is 2.68. The Bertz CT molecular complexity index is 1090. The predicted octanol–water partition coefficient (Wildman–Crippen LogP) is -0.0750. The molecule has 4 aliphatic rings. The Balaban J connectivity index is 1.65. The summed E-state index contributed by atoms with van der Waals surface area (Å²) in [6.45, 7) is 10.8. The molecule has 3 saturated carbocycles. The summed E-state index contributed by atoms with van der Waals surface area (Å²) in [6, 6.07) is -0.993. The summed E-state index contributed by atoms with van der Waals surface area (Å²) < 4.78 is 23.1. The minimum absolute atomic E-state index is 0.0560. The Morgan fingerprint density at radius 1 is 1.16 bits per heavy atom. The molecule has 0 aromatic heterocycles. The minimum Gasteiger partial charge on any atom is -0.404 e. The van der Waals surface area contributed by atoms with E-state index < -0.39 is 47.5 Å². The quantitative estimate of drug-likeness (QED) is 0.0334. The van der Waals surface area contributed by atoms with E-state index in [9.17, 15) is 24.5 Å². The molecule has 3 aliphatic carbocycles. The second kappa shape index (κ2) is 16.0. The zero-order valence-electron chi connectivity index (χ0n) is 27.3. The highest BCUT2D eigenvalue weighted by molar-refractivity contribution is 6.48. The lowest BCUT2D eigenvalue weighted by atomic mass is 9.43. The molecule has 1 heterocycles. The molecule has 6 N–H and O–H groups in total. The van der Waals surface area contributed by atoms with Crippen LogP contribution in [0.2, 0.25) is 0 Å². The van der Waals surface area contributed by atoms with Crippen molar-refractivity contribution in [3.63, 3.8) is 0 Å². The third kappa shape index (κ3) is 9.74. The van der Waals surface area contributed by atoms with E-state index in [1.54, 1.807) is 5.43 Å². The number of rotatable bonds is 18. The lowest BCUT2D eigenvalue weighted by Crippen LogP contribution is -2.65. The Kier molecular flexibility index (Phi) is 13.0. The number of carbonyl (C=O) groups excluding carboxylic acids is 3. The Hall–Kier alpha value is -3.02. The van der Waals surface area contributed by atoms with E-state index in [4.69, 9.17) is 24.5 Å². The van der Waals surface area contributed by atoms with E-state index in [1.165, 1.54) is 7.11 Å². The molecule has 0 radical (unpaired) electrons. The van der Waals surface area contributed by atoms with E-state index in [-0.39, 0.29) is 62.5 Å².